The zero-order valence-corrected chi connectivity index (χ0v) is 17.5. The van der Waals surface area contributed by atoms with Gasteiger partial charge in [0.15, 0.2) is 5.69 Å². The first-order chi connectivity index (χ1) is 14.6. The molecule has 0 aliphatic carbocycles. The lowest BCUT2D eigenvalue weighted by molar-refractivity contribution is -0.142. The van der Waals surface area contributed by atoms with Crippen LogP contribution in [0.1, 0.15) is 17.0 Å². The molecule has 1 aliphatic heterocycles. The van der Waals surface area contributed by atoms with Crippen LogP contribution in [0, 0.1) is 6.92 Å². The highest BCUT2D eigenvalue weighted by Crippen LogP contribution is 2.35. The van der Waals surface area contributed by atoms with Gasteiger partial charge in [0.05, 0.1) is 17.3 Å². The van der Waals surface area contributed by atoms with Gasteiger partial charge in [-0.15, -0.1) is 0 Å². The third-order valence-corrected chi connectivity index (χ3v) is 5.41. The molecule has 1 saturated heterocycles. The molecule has 2 heterocycles. The first-order valence-electron chi connectivity index (χ1n) is 9.51. The molecule has 0 bridgehead atoms. The number of aromatic nitrogens is 2. The van der Waals surface area contributed by atoms with E-state index in [2.05, 4.69) is 15.3 Å². The largest absolute Gasteiger partial charge is 0.436 e. The Balaban J connectivity index is 1.69. The Morgan fingerprint density at radius 1 is 1.16 bits per heavy atom. The summed E-state index contributed by atoms with van der Waals surface area (Å²) in [5.41, 5.74) is 5.74. The number of halogens is 4. The van der Waals surface area contributed by atoms with Crippen molar-refractivity contribution >= 4 is 29.2 Å². The number of primary amides is 1. The molecule has 1 fully saturated rings. The van der Waals surface area contributed by atoms with Crippen LogP contribution in [0.4, 0.5) is 23.7 Å². The predicted octanol–water partition coefficient (Wildman–Crippen LogP) is 2.38. The second-order valence-electron chi connectivity index (χ2n) is 7.19. The summed E-state index contributed by atoms with van der Waals surface area (Å²) in [6.07, 6.45) is -4.80. The van der Waals surface area contributed by atoms with Gasteiger partial charge in [-0.05, 0) is 19.1 Å². The van der Waals surface area contributed by atoms with Crippen LogP contribution >= 0.6 is 11.6 Å². The highest BCUT2D eigenvalue weighted by Gasteiger charge is 2.39. The number of benzene rings is 1. The van der Waals surface area contributed by atoms with Crippen LogP contribution in [0.3, 0.4) is 0 Å². The number of alkyl halides is 3. The monoisotopic (exact) mass is 458 g/mol. The van der Waals surface area contributed by atoms with E-state index in [0.717, 1.165) is 15.9 Å². The molecule has 0 unspecified atom stereocenters. The van der Waals surface area contributed by atoms with Crippen molar-refractivity contribution in [3.8, 4) is 0 Å². The number of nitrogens with two attached hydrogens (primary N) is 1. The lowest BCUT2D eigenvalue weighted by Crippen LogP contribution is -2.49. The van der Waals surface area contributed by atoms with E-state index < -0.39 is 35.4 Å². The Morgan fingerprint density at radius 2 is 1.77 bits per heavy atom. The molecule has 1 aromatic carbocycles. The summed E-state index contributed by atoms with van der Waals surface area (Å²) < 4.78 is 40.4. The van der Waals surface area contributed by atoms with Crippen LogP contribution in [-0.2, 0) is 24.1 Å². The average molecular weight is 459 g/mol. The van der Waals surface area contributed by atoms with Gasteiger partial charge in [0, 0.05) is 31.9 Å². The van der Waals surface area contributed by atoms with Gasteiger partial charge in [-0.3, -0.25) is 9.48 Å². The van der Waals surface area contributed by atoms with Crippen LogP contribution in [-0.4, -0.2) is 52.8 Å². The van der Waals surface area contributed by atoms with Crippen molar-refractivity contribution in [1.82, 2.24) is 20.0 Å². The van der Waals surface area contributed by atoms with E-state index in [1.54, 1.807) is 4.90 Å². The number of hydrogen-bond acceptors (Lipinski definition) is 4. The first-order valence-corrected chi connectivity index (χ1v) is 9.89. The topological polar surface area (TPSA) is 96.5 Å². The number of piperazine rings is 1. The quantitative estimate of drug-likeness (QED) is 0.719. The molecule has 1 aromatic heterocycles. The number of amides is 3. The number of nitrogens with zero attached hydrogens (tertiary/aromatic N) is 4. The van der Waals surface area contributed by atoms with Gasteiger partial charge in [-0.1, -0.05) is 29.3 Å². The number of rotatable bonds is 5. The summed E-state index contributed by atoms with van der Waals surface area (Å²) in [5, 5.41) is 4.99. The number of aryl methyl sites for hydroxylation is 1. The lowest BCUT2D eigenvalue weighted by atomic mass is 10.2. The molecule has 12 heteroatoms. The molecule has 1 aliphatic rings. The molecule has 0 atom stereocenters. The van der Waals surface area contributed by atoms with Gasteiger partial charge in [0.1, 0.15) is 6.54 Å². The normalized spacial score (nSPS) is 14.6. The van der Waals surface area contributed by atoms with Gasteiger partial charge >= 0.3 is 12.2 Å². The molecule has 0 spiro atoms. The number of anilines is 1. The minimum Gasteiger partial charge on any atom is -0.368 e. The molecule has 3 amide bonds. The Morgan fingerprint density at radius 3 is 2.32 bits per heavy atom. The minimum atomic E-state index is -4.80. The summed E-state index contributed by atoms with van der Waals surface area (Å²) in [5.74, 6) is -0.392. The Hall–Kier alpha value is -2.95. The Kier molecular flexibility index (Phi) is 6.63. The maximum Gasteiger partial charge on any atom is 0.436 e. The van der Waals surface area contributed by atoms with Gasteiger partial charge < -0.3 is 20.9 Å². The summed E-state index contributed by atoms with van der Waals surface area (Å²) >= 11 is 5.84. The predicted molar refractivity (Wildman–Crippen MR) is 109 cm³/mol. The van der Waals surface area contributed by atoms with Crippen molar-refractivity contribution < 1.29 is 22.8 Å². The SMILES string of the molecule is Cc1ccc(N2CCN(C(=O)Cn3nc(C(F)(F)F)c(Cl)c3CNC(N)=O)CC2)cc1. The fraction of sp³-hybridized carbons (Fsp3) is 0.421. The van der Waals surface area contributed by atoms with E-state index in [9.17, 15) is 22.8 Å². The van der Waals surface area contributed by atoms with Gasteiger partial charge in [0.25, 0.3) is 0 Å². The third kappa shape index (κ3) is 5.40. The fourth-order valence-corrected chi connectivity index (χ4v) is 3.63. The number of carbonyl (C=O) groups is 2. The van der Waals surface area contributed by atoms with Crippen molar-refractivity contribution in [2.75, 3.05) is 31.1 Å². The lowest BCUT2D eigenvalue weighted by Gasteiger charge is -2.36. The molecule has 8 nitrogen and oxygen atoms in total. The molecular formula is C19H22ClF3N6O2. The van der Waals surface area contributed by atoms with E-state index in [4.69, 9.17) is 17.3 Å². The van der Waals surface area contributed by atoms with E-state index >= 15 is 0 Å². The molecule has 3 N–H and O–H groups in total. The standard InChI is InChI=1S/C19H22ClF3N6O2/c1-12-2-4-13(5-3-12)27-6-8-28(9-7-27)15(30)11-29-14(10-25-18(24)31)16(20)17(26-29)19(21,22)23/h2-5H,6-11H2,1H3,(H3,24,25,31). The fourth-order valence-electron chi connectivity index (χ4n) is 3.32. The van der Waals surface area contributed by atoms with Crippen molar-refractivity contribution in [1.29, 1.82) is 0 Å². The van der Waals surface area contributed by atoms with Crippen molar-refractivity contribution in [2.24, 2.45) is 5.73 Å². The molecule has 2 aromatic rings. The summed E-state index contributed by atoms with van der Waals surface area (Å²) in [4.78, 5) is 27.4. The number of carbonyl (C=O) groups excluding carboxylic acids is 2. The van der Waals surface area contributed by atoms with Crippen LogP contribution in [0.15, 0.2) is 24.3 Å². The third-order valence-electron chi connectivity index (χ3n) is 5.01. The van der Waals surface area contributed by atoms with Crippen molar-refractivity contribution in [3.63, 3.8) is 0 Å². The summed E-state index contributed by atoms with van der Waals surface area (Å²) in [6, 6.07) is 7.10. The zero-order valence-electron chi connectivity index (χ0n) is 16.7. The van der Waals surface area contributed by atoms with E-state index in [1.165, 1.54) is 0 Å². The summed E-state index contributed by atoms with van der Waals surface area (Å²) in [6.45, 7) is 3.21. The van der Waals surface area contributed by atoms with Gasteiger partial charge in [-0.25, -0.2) is 4.79 Å². The number of nitrogens with one attached hydrogen (secondary N) is 1. The molecule has 31 heavy (non-hydrogen) atoms. The smallest absolute Gasteiger partial charge is 0.368 e. The average Bonchev–Trinajstić information content (AvgIpc) is 3.02. The molecule has 0 saturated carbocycles. The van der Waals surface area contributed by atoms with Crippen molar-refractivity contribution in [2.45, 2.75) is 26.2 Å². The Labute approximate surface area is 181 Å². The van der Waals surface area contributed by atoms with Gasteiger partial charge in [0.2, 0.25) is 5.91 Å². The van der Waals surface area contributed by atoms with Crippen LogP contribution in [0.25, 0.3) is 0 Å². The zero-order chi connectivity index (χ0) is 22.8. The van der Waals surface area contributed by atoms with Crippen LogP contribution in [0.2, 0.25) is 5.02 Å². The maximum absolute atomic E-state index is 13.2. The second kappa shape index (κ2) is 9.04. The highest BCUT2D eigenvalue weighted by molar-refractivity contribution is 6.32. The number of hydrogen-bond donors (Lipinski definition) is 2. The molecule has 0 radical (unpaired) electrons. The van der Waals surface area contributed by atoms with Gasteiger partial charge in [-0.2, -0.15) is 18.3 Å². The molecule has 3 rings (SSSR count). The van der Waals surface area contributed by atoms with E-state index in [-0.39, 0.29) is 12.2 Å². The van der Waals surface area contributed by atoms with E-state index in [0.29, 0.717) is 26.2 Å². The van der Waals surface area contributed by atoms with E-state index in [1.807, 2.05) is 31.2 Å². The van der Waals surface area contributed by atoms with Crippen molar-refractivity contribution in [3.05, 3.63) is 46.2 Å². The maximum atomic E-state index is 13.2. The van der Waals surface area contributed by atoms with Crippen LogP contribution < -0.4 is 16.0 Å². The molecular weight excluding hydrogens is 437 g/mol. The first kappa shape index (κ1) is 22.7. The van der Waals surface area contributed by atoms with Crippen LogP contribution in [0.5, 0.6) is 0 Å². The highest BCUT2D eigenvalue weighted by atomic mass is 35.5. The summed E-state index contributed by atoms with van der Waals surface area (Å²) in [7, 11) is 0. The number of urea groups is 1. The Bertz CT molecular complexity index is 953. The molecule has 168 valence electrons. The second-order valence-corrected chi connectivity index (χ2v) is 7.56. The minimum absolute atomic E-state index is 0.139.